The van der Waals surface area contributed by atoms with Crippen molar-refractivity contribution in [1.82, 2.24) is 0 Å². The van der Waals surface area contributed by atoms with Crippen LogP contribution >= 0.6 is 15.9 Å². The normalized spacial score (nSPS) is 9.68. The van der Waals surface area contributed by atoms with E-state index in [-0.39, 0.29) is 5.91 Å². The number of hydrogen-bond donors (Lipinski definition) is 2. The van der Waals surface area contributed by atoms with Crippen molar-refractivity contribution < 1.29 is 4.79 Å². The van der Waals surface area contributed by atoms with E-state index in [4.69, 9.17) is 11.0 Å². The highest BCUT2D eigenvalue weighted by atomic mass is 79.9. The van der Waals surface area contributed by atoms with Crippen LogP contribution in [0.2, 0.25) is 0 Å². The number of nitrogens with one attached hydrogen (secondary N) is 1. The number of carbonyl (C=O) groups is 1. The van der Waals surface area contributed by atoms with Gasteiger partial charge in [-0.1, -0.05) is 28.1 Å². The summed E-state index contributed by atoms with van der Waals surface area (Å²) in [6.07, 6.45) is 0. The maximum atomic E-state index is 12.1. The van der Waals surface area contributed by atoms with Crippen LogP contribution in [0, 0.1) is 11.3 Å². The second kappa shape index (κ2) is 5.55. The SMILES string of the molecule is N#Cc1ccccc1NC(=O)c1cc(Br)ccc1N. The maximum absolute atomic E-state index is 12.1. The minimum Gasteiger partial charge on any atom is -0.398 e. The van der Waals surface area contributed by atoms with Gasteiger partial charge in [-0.05, 0) is 30.3 Å². The molecule has 19 heavy (non-hydrogen) atoms. The number of rotatable bonds is 2. The van der Waals surface area contributed by atoms with Crippen LogP contribution in [0.1, 0.15) is 15.9 Å². The molecule has 5 heteroatoms. The standard InChI is InChI=1S/C14H10BrN3O/c15-10-5-6-12(17)11(7-10)14(19)18-13-4-2-1-3-9(13)8-16/h1-7H,17H2,(H,18,19). The van der Waals surface area contributed by atoms with Gasteiger partial charge in [-0.3, -0.25) is 4.79 Å². The van der Waals surface area contributed by atoms with Crippen molar-refractivity contribution in [1.29, 1.82) is 5.26 Å². The van der Waals surface area contributed by atoms with Gasteiger partial charge in [0.2, 0.25) is 0 Å². The average Bonchev–Trinajstić information content (AvgIpc) is 2.42. The molecule has 0 bridgehead atoms. The zero-order valence-electron chi connectivity index (χ0n) is 9.85. The Kier molecular flexibility index (Phi) is 3.83. The molecule has 94 valence electrons. The highest BCUT2D eigenvalue weighted by molar-refractivity contribution is 9.10. The fourth-order valence-corrected chi connectivity index (χ4v) is 1.97. The van der Waals surface area contributed by atoms with Gasteiger partial charge in [-0.25, -0.2) is 0 Å². The smallest absolute Gasteiger partial charge is 0.257 e. The van der Waals surface area contributed by atoms with Gasteiger partial charge >= 0.3 is 0 Å². The molecule has 0 unspecified atom stereocenters. The van der Waals surface area contributed by atoms with Crippen molar-refractivity contribution in [3.05, 3.63) is 58.1 Å². The molecule has 2 aromatic carbocycles. The Balaban J connectivity index is 2.31. The quantitative estimate of drug-likeness (QED) is 0.835. The van der Waals surface area contributed by atoms with Crippen LogP contribution in [0.25, 0.3) is 0 Å². The van der Waals surface area contributed by atoms with E-state index in [0.717, 1.165) is 4.47 Å². The molecule has 0 aliphatic rings. The lowest BCUT2D eigenvalue weighted by molar-refractivity contribution is 0.102. The fraction of sp³-hybridized carbons (Fsp3) is 0. The number of nitrogens with zero attached hydrogens (tertiary/aromatic N) is 1. The number of hydrogen-bond acceptors (Lipinski definition) is 3. The Hall–Kier alpha value is -2.32. The van der Waals surface area contributed by atoms with E-state index in [1.54, 1.807) is 42.5 Å². The molecule has 0 aliphatic heterocycles. The molecule has 3 N–H and O–H groups in total. The molecule has 1 amide bonds. The van der Waals surface area contributed by atoms with E-state index in [2.05, 4.69) is 21.2 Å². The number of carbonyl (C=O) groups excluding carboxylic acids is 1. The van der Waals surface area contributed by atoms with Crippen molar-refractivity contribution in [3.8, 4) is 6.07 Å². The first-order valence-corrected chi connectivity index (χ1v) is 6.26. The second-order valence-corrected chi connectivity index (χ2v) is 4.76. The minimum absolute atomic E-state index is 0.346. The predicted octanol–water partition coefficient (Wildman–Crippen LogP) is 3.16. The number of nitriles is 1. The van der Waals surface area contributed by atoms with Gasteiger partial charge in [0.05, 0.1) is 16.8 Å². The van der Waals surface area contributed by atoms with E-state index in [9.17, 15) is 4.79 Å². The van der Waals surface area contributed by atoms with Gasteiger partial charge in [-0.15, -0.1) is 0 Å². The molecular formula is C14H10BrN3O. The van der Waals surface area contributed by atoms with Crippen LogP contribution < -0.4 is 11.1 Å². The van der Waals surface area contributed by atoms with Crippen molar-refractivity contribution >= 4 is 33.2 Å². The monoisotopic (exact) mass is 315 g/mol. The van der Waals surface area contributed by atoms with E-state index < -0.39 is 0 Å². The molecule has 0 fully saturated rings. The van der Waals surface area contributed by atoms with Crippen molar-refractivity contribution in [2.75, 3.05) is 11.1 Å². The third-order valence-corrected chi connectivity index (χ3v) is 3.05. The van der Waals surface area contributed by atoms with Crippen molar-refractivity contribution in [3.63, 3.8) is 0 Å². The molecule has 0 saturated carbocycles. The molecule has 0 saturated heterocycles. The third kappa shape index (κ3) is 2.92. The van der Waals surface area contributed by atoms with Crippen molar-refractivity contribution in [2.24, 2.45) is 0 Å². The van der Waals surface area contributed by atoms with E-state index in [0.29, 0.717) is 22.5 Å². The number of benzene rings is 2. The predicted molar refractivity (Wildman–Crippen MR) is 77.7 cm³/mol. The first kappa shape index (κ1) is 13.1. The molecule has 2 rings (SSSR count). The molecule has 2 aromatic rings. The Morgan fingerprint density at radius 3 is 2.74 bits per heavy atom. The Morgan fingerprint density at radius 1 is 1.26 bits per heavy atom. The van der Waals surface area contributed by atoms with Crippen LogP contribution in [0.15, 0.2) is 46.9 Å². The summed E-state index contributed by atoms with van der Waals surface area (Å²) in [5.74, 6) is -0.346. The molecular weight excluding hydrogens is 306 g/mol. The summed E-state index contributed by atoms with van der Waals surface area (Å²) in [4.78, 5) is 12.1. The van der Waals surface area contributed by atoms with Gasteiger partial charge in [0.15, 0.2) is 0 Å². The summed E-state index contributed by atoms with van der Waals surface area (Å²) in [5, 5.41) is 11.7. The van der Waals surface area contributed by atoms with Crippen LogP contribution in [0.4, 0.5) is 11.4 Å². The number of amides is 1. The highest BCUT2D eigenvalue weighted by Crippen LogP contribution is 2.21. The van der Waals surface area contributed by atoms with E-state index in [1.165, 1.54) is 0 Å². The molecule has 4 nitrogen and oxygen atoms in total. The average molecular weight is 316 g/mol. The number of para-hydroxylation sites is 1. The Labute approximate surface area is 119 Å². The first-order chi connectivity index (χ1) is 9.11. The largest absolute Gasteiger partial charge is 0.398 e. The van der Waals surface area contributed by atoms with E-state index in [1.807, 2.05) is 6.07 Å². The first-order valence-electron chi connectivity index (χ1n) is 5.47. The summed E-state index contributed by atoms with van der Waals surface area (Å²) in [6, 6.07) is 13.9. The molecule has 0 radical (unpaired) electrons. The number of nitrogens with two attached hydrogens (primary N) is 1. The number of nitrogen functional groups attached to an aromatic ring is 1. The summed E-state index contributed by atoms with van der Waals surface area (Å²) in [6.45, 7) is 0. The van der Waals surface area contributed by atoms with Gasteiger partial charge in [-0.2, -0.15) is 5.26 Å². The van der Waals surface area contributed by atoms with Crippen LogP contribution in [-0.2, 0) is 0 Å². The molecule has 0 aliphatic carbocycles. The summed E-state index contributed by atoms with van der Waals surface area (Å²) >= 11 is 3.29. The molecule has 0 aromatic heterocycles. The minimum atomic E-state index is -0.346. The Bertz CT molecular complexity index is 677. The van der Waals surface area contributed by atoms with Crippen LogP contribution in [0.3, 0.4) is 0 Å². The fourth-order valence-electron chi connectivity index (χ4n) is 1.60. The van der Waals surface area contributed by atoms with Gasteiger partial charge in [0, 0.05) is 10.2 Å². The summed E-state index contributed by atoms with van der Waals surface area (Å²) < 4.78 is 0.764. The lowest BCUT2D eigenvalue weighted by Gasteiger charge is -2.09. The lowest BCUT2D eigenvalue weighted by atomic mass is 10.1. The van der Waals surface area contributed by atoms with Gasteiger partial charge in [0.25, 0.3) is 5.91 Å². The molecule has 0 heterocycles. The zero-order valence-corrected chi connectivity index (χ0v) is 11.4. The molecule has 0 spiro atoms. The van der Waals surface area contributed by atoms with E-state index >= 15 is 0 Å². The summed E-state index contributed by atoms with van der Waals surface area (Å²) in [5.41, 5.74) is 7.39. The van der Waals surface area contributed by atoms with Crippen molar-refractivity contribution in [2.45, 2.75) is 0 Å². The topological polar surface area (TPSA) is 78.9 Å². The molecule has 0 atom stereocenters. The number of anilines is 2. The lowest BCUT2D eigenvalue weighted by Crippen LogP contribution is -2.14. The van der Waals surface area contributed by atoms with Crippen LogP contribution in [-0.4, -0.2) is 5.91 Å². The Morgan fingerprint density at radius 2 is 2.00 bits per heavy atom. The number of halogens is 1. The zero-order chi connectivity index (χ0) is 13.8. The third-order valence-electron chi connectivity index (χ3n) is 2.56. The summed E-state index contributed by atoms with van der Waals surface area (Å²) in [7, 11) is 0. The van der Waals surface area contributed by atoms with Crippen LogP contribution in [0.5, 0.6) is 0 Å². The maximum Gasteiger partial charge on any atom is 0.257 e. The van der Waals surface area contributed by atoms with Gasteiger partial charge in [0.1, 0.15) is 6.07 Å². The highest BCUT2D eigenvalue weighted by Gasteiger charge is 2.12. The second-order valence-electron chi connectivity index (χ2n) is 3.84. The van der Waals surface area contributed by atoms with Gasteiger partial charge < -0.3 is 11.1 Å².